The number of carbonyl (C=O) groups is 1. The van der Waals surface area contributed by atoms with Crippen LogP contribution in [-0.2, 0) is 4.79 Å². The maximum absolute atomic E-state index is 10.9. The molecule has 2 nitrogen and oxygen atoms in total. The Kier molecular flexibility index (Phi) is 2.10. The van der Waals surface area contributed by atoms with Gasteiger partial charge >= 0.3 is 0 Å². The van der Waals surface area contributed by atoms with Gasteiger partial charge in [0.15, 0.2) is 0 Å². The third-order valence-corrected chi connectivity index (χ3v) is 1.86. The van der Waals surface area contributed by atoms with Crippen molar-refractivity contribution in [1.82, 2.24) is 4.90 Å². The van der Waals surface area contributed by atoms with Gasteiger partial charge in [-0.05, 0) is 19.5 Å². The largest absolute Gasteiger partial charge is 0.380 e. The van der Waals surface area contributed by atoms with E-state index in [-0.39, 0.29) is 5.92 Å². The van der Waals surface area contributed by atoms with Crippen molar-refractivity contribution >= 4 is 5.78 Å². The molecule has 1 aliphatic rings. The number of carbonyl (C=O) groups excluding carboxylic acids is 1. The normalized spacial score (nSPS) is 25.0. The summed E-state index contributed by atoms with van der Waals surface area (Å²) in [5.41, 5.74) is 0. The van der Waals surface area contributed by atoms with Crippen molar-refractivity contribution in [2.75, 3.05) is 13.6 Å². The first-order chi connectivity index (χ1) is 4.70. The zero-order chi connectivity index (χ0) is 7.56. The summed E-state index contributed by atoms with van der Waals surface area (Å²) in [6, 6.07) is 0. The molecule has 10 heavy (non-hydrogen) atoms. The molecule has 0 radical (unpaired) electrons. The van der Waals surface area contributed by atoms with Crippen molar-refractivity contribution < 1.29 is 4.79 Å². The molecule has 1 unspecified atom stereocenters. The van der Waals surface area contributed by atoms with E-state index < -0.39 is 0 Å². The average Bonchev–Trinajstić information content (AvgIpc) is 1.88. The molecule has 0 fully saturated rings. The van der Waals surface area contributed by atoms with Crippen molar-refractivity contribution in [3.63, 3.8) is 0 Å². The lowest BCUT2D eigenvalue weighted by molar-refractivity contribution is -0.121. The Labute approximate surface area is 61.5 Å². The van der Waals surface area contributed by atoms with Crippen molar-refractivity contribution in [3.05, 3.63) is 12.3 Å². The van der Waals surface area contributed by atoms with Gasteiger partial charge in [0, 0.05) is 19.5 Å². The van der Waals surface area contributed by atoms with Gasteiger partial charge in [-0.2, -0.15) is 0 Å². The van der Waals surface area contributed by atoms with E-state index in [2.05, 4.69) is 11.0 Å². The molecule has 0 amide bonds. The highest BCUT2D eigenvalue weighted by molar-refractivity contribution is 5.78. The van der Waals surface area contributed by atoms with E-state index in [4.69, 9.17) is 0 Å². The van der Waals surface area contributed by atoms with Gasteiger partial charge in [0.2, 0.25) is 0 Å². The Balaban J connectivity index is 2.52. The second kappa shape index (κ2) is 2.86. The molecule has 1 rings (SSSR count). The van der Waals surface area contributed by atoms with Gasteiger partial charge in [-0.3, -0.25) is 4.79 Å². The molecule has 1 atom stereocenters. The number of allylic oxidation sites excluding steroid dienone is 1. The van der Waals surface area contributed by atoms with E-state index in [1.807, 2.05) is 13.2 Å². The van der Waals surface area contributed by atoms with E-state index in [1.165, 1.54) is 0 Å². The van der Waals surface area contributed by atoms with Crippen LogP contribution in [0.3, 0.4) is 0 Å². The molecule has 0 saturated carbocycles. The molecule has 0 saturated heterocycles. The number of nitrogens with zero attached hydrogens (tertiary/aromatic N) is 1. The van der Waals surface area contributed by atoms with E-state index >= 15 is 0 Å². The summed E-state index contributed by atoms with van der Waals surface area (Å²) in [6.07, 6.45) is 4.99. The monoisotopic (exact) mass is 139 g/mol. The SMILES string of the molecule is CC(=O)C1CC=CN(C)C1. The minimum Gasteiger partial charge on any atom is -0.380 e. The van der Waals surface area contributed by atoms with Gasteiger partial charge in [-0.1, -0.05) is 6.08 Å². The van der Waals surface area contributed by atoms with Crippen LogP contribution in [0, 0.1) is 5.92 Å². The summed E-state index contributed by atoms with van der Waals surface area (Å²) in [6.45, 7) is 2.55. The van der Waals surface area contributed by atoms with Gasteiger partial charge in [-0.25, -0.2) is 0 Å². The molecule has 1 heterocycles. The molecule has 0 aromatic carbocycles. The van der Waals surface area contributed by atoms with Crippen molar-refractivity contribution in [1.29, 1.82) is 0 Å². The second-order valence-electron chi connectivity index (χ2n) is 2.87. The summed E-state index contributed by atoms with van der Waals surface area (Å²) in [4.78, 5) is 12.9. The Hall–Kier alpha value is -0.790. The first-order valence-electron chi connectivity index (χ1n) is 3.57. The fourth-order valence-corrected chi connectivity index (χ4v) is 1.18. The summed E-state index contributed by atoms with van der Waals surface area (Å²) in [7, 11) is 1.99. The maximum Gasteiger partial charge on any atom is 0.134 e. The fraction of sp³-hybridized carbons (Fsp3) is 0.625. The molecule has 56 valence electrons. The summed E-state index contributed by atoms with van der Waals surface area (Å²) < 4.78 is 0. The Bertz CT molecular complexity index is 163. The molecule has 0 aromatic rings. The lowest BCUT2D eigenvalue weighted by Crippen LogP contribution is -2.28. The van der Waals surface area contributed by atoms with Crippen LogP contribution < -0.4 is 0 Å². The van der Waals surface area contributed by atoms with E-state index in [0.29, 0.717) is 5.78 Å². The number of hydrogen-bond acceptors (Lipinski definition) is 2. The molecule has 0 spiro atoms. The zero-order valence-electron chi connectivity index (χ0n) is 6.50. The van der Waals surface area contributed by atoms with E-state index in [1.54, 1.807) is 6.92 Å². The van der Waals surface area contributed by atoms with Crippen LogP contribution in [0.1, 0.15) is 13.3 Å². The predicted molar refractivity (Wildman–Crippen MR) is 40.6 cm³/mol. The molecule has 1 aliphatic heterocycles. The third kappa shape index (κ3) is 1.59. The van der Waals surface area contributed by atoms with Gasteiger partial charge < -0.3 is 4.90 Å². The van der Waals surface area contributed by atoms with E-state index in [0.717, 1.165) is 13.0 Å². The molecular weight excluding hydrogens is 126 g/mol. The van der Waals surface area contributed by atoms with E-state index in [9.17, 15) is 4.79 Å². The van der Waals surface area contributed by atoms with Gasteiger partial charge in [-0.15, -0.1) is 0 Å². The van der Waals surface area contributed by atoms with Crippen LogP contribution in [0.5, 0.6) is 0 Å². The molecule has 2 heteroatoms. The minimum atomic E-state index is 0.231. The standard InChI is InChI=1S/C8H13NO/c1-7(10)8-4-3-5-9(2)6-8/h3,5,8H,4,6H2,1-2H3. The lowest BCUT2D eigenvalue weighted by Gasteiger charge is -2.23. The Morgan fingerprint density at radius 1 is 1.70 bits per heavy atom. The minimum absolute atomic E-state index is 0.231. The zero-order valence-corrected chi connectivity index (χ0v) is 6.50. The number of rotatable bonds is 1. The van der Waals surface area contributed by atoms with Crippen LogP contribution in [0.2, 0.25) is 0 Å². The highest BCUT2D eigenvalue weighted by atomic mass is 16.1. The average molecular weight is 139 g/mol. The number of Topliss-reactive ketones (excluding diaryl/α,β-unsaturated/α-hetero) is 1. The highest BCUT2D eigenvalue weighted by Gasteiger charge is 2.16. The number of ketones is 1. The van der Waals surface area contributed by atoms with Crippen LogP contribution >= 0.6 is 0 Å². The smallest absolute Gasteiger partial charge is 0.134 e. The quantitative estimate of drug-likeness (QED) is 0.541. The first-order valence-corrected chi connectivity index (χ1v) is 3.57. The number of hydrogen-bond donors (Lipinski definition) is 0. The van der Waals surface area contributed by atoms with Gasteiger partial charge in [0.05, 0.1) is 0 Å². The molecule has 0 aliphatic carbocycles. The topological polar surface area (TPSA) is 20.3 Å². The first kappa shape index (κ1) is 7.32. The Morgan fingerprint density at radius 3 is 2.80 bits per heavy atom. The van der Waals surface area contributed by atoms with Crippen molar-refractivity contribution in [2.24, 2.45) is 5.92 Å². The summed E-state index contributed by atoms with van der Waals surface area (Å²) in [5.74, 6) is 0.534. The fourth-order valence-electron chi connectivity index (χ4n) is 1.18. The highest BCUT2D eigenvalue weighted by Crippen LogP contribution is 2.12. The second-order valence-corrected chi connectivity index (χ2v) is 2.87. The predicted octanol–water partition coefficient (Wildman–Crippen LogP) is 1.04. The van der Waals surface area contributed by atoms with Crippen LogP contribution in [0.4, 0.5) is 0 Å². The van der Waals surface area contributed by atoms with Crippen molar-refractivity contribution in [2.45, 2.75) is 13.3 Å². The summed E-state index contributed by atoms with van der Waals surface area (Å²) >= 11 is 0. The molecular formula is C8H13NO. The molecule has 0 aromatic heterocycles. The van der Waals surface area contributed by atoms with Crippen molar-refractivity contribution in [3.8, 4) is 0 Å². The maximum atomic E-state index is 10.9. The van der Waals surface area contributed by atoms with Crippen LogP contribution in [0.15, 0.2) is 12.3 Å². The molecule has 0 N–H and O–H groups in total. The third-order valence-electron chi connectivity index (χ3n) is 1.86. The lowest BCUT2D eigenvalue weighted by atomic mass is 9.99. The van der Waals surface area contributed by atoms with Gasteiger partial charge in [0.25, 0.3) is 0 Å². The summed E-state index contributed by atoms with van der Waals surface area (Å²) in [5, 5.41) is 0. The van der Waals surface area contributed by atoms with Crippen LogP contribution in [-0.4, -0.2) is 24.3 Å². The van der Waals surface area contributed by atoms with Gasteiger partial charge in [0.1, 0.15) is 5.78 Å². The van der Waals surface area contributed by atoms with Crippen LogP contribution in [0.25, 0.3) is 0 Å². The Morgan fingerprint density at radius 2 is 2.40 bits per heavy atom. The molecule has 0 bridgehead atoms.